The van der Waals surface area contributed by atoms with E-state index >= 15 is 0 Å². The molecular weight excluding hydrogens is 160 g/mol. The van der Waals surface area contributed by atoms with Crippen LogP contribution in [0.4, 0.5) is 4.79 Å². The summed E-state index contributed by atoms with van der Waals surface area (Å²) >= 11 is 0. The second-order valence-electron chi connectivity index (χ2n) is 3.10. The molecule has 0 atom stereocenters. The van der Waals surface area contributed by atoms with Gasteiger partial charge in [0.25, 0.3) is 0 Å². The fraction of sp³-hybridized carbons (Fsp3) is 0.857. The molecule has 0 spiro atoms. The van der Waals surface area contributed by atoms with Gasteiger partial charge in [0.1, 0.15) is 5.60 Å². The van der Waals surface area contributed by atoms with E-state index in [2.05, 4.69) is 0 Å². The fourth-order valence-electron chi connectivity index (χ4n) is 1.16. The predicted octanol–water partition coefficient (Wildman–Crippen LogP) is 0.155. The monoisotopic (exact) mass is 174 g/mol. The Morgan fingerprint density at radius 3 is 2.67 bits per heavy atom. The van der Waals surface area contributed by atoms with Crippen molar-refractivity contribution in [1.29, 1.82) is 0 Å². The first-order valence-corrected chi connectivity index (χ1v) is 3.94. The third kappa shape index (κ3) is 2.35. The Balaban J connectivity index is 2.41. The molecule has 0 saturated carbocycles. The number of ether oxygens (including phenoxy) is 2. The summed E-state index contributed by atoms with van der Waals surface area (Å²) in [6, 6.07) is 0. The molecule has 1 rings (SSSR count). The van der Waals surface area contributed by atoms with Gasteiger partial charge in [-0.15, -0.1) is 0 Å². The van der Waals surface area contributed by atoms with Crippen molar-refractivity contribution in [2.24, 2.45) is 5.84 Å². The van der Waals surface area contributed by atoms with Crippen LogP contribution in [-0.4, -0.2) is 24.9 Å². The highest BCUT2D eigenvalue weighted by molar-refractivity contribution is 5.66. The summed E-state index contributed by atoms with van der Waals surface area (Å²) in [4.78, 5) is 10.8. The van der Waals surface area contributed by atoms with E-state index in [1.54, 1.807) is 0 Å². The largest absolute Gasteiger partial charge is 0.442 e. The molecule has 12 heavy (non-hydrogen) atoms. The van der Waals surface area contributed by atoms with Crippen LogP contribution < -0.4 is 11.3 Å². The van der Waals surface area contributed by atoms with E-state index in [0.717, 1.165) is 12.8 Å². The number of rotatable bonds is 1. The maximum Gasteiger partial charge on any atom is 0.421 e. The number of nitrogens with two attached hydrogens (primary N) is 1. The zero-order chi connectivity index (χ0) is 9.03. The van der Waals surface area contributed by atoms with Gasteiger partial charge >= 0.3 is 6.09 Å². The van der Waals surface area contributed by atoms with Crippen molar-refractivity contribution in [2.45, 2.75) is 25.4 Å². The van der Waals surface area contributed by atoms with Crippen LogP contribution in [0, 0.1) is 0 Å². The van der Waals surface area contributed by atoms with Gasteiger partial charge < -0.3 is 9.47 Å². The third-order valence-electron chi connectivity index (χ3n) is 2.01. The van der Waals surface area contributed by atoms with Crippen molar-refractivity contribution in [3.8, 4) is 0 Å². The molecule has 5 heteroatoms. The molecule has 1 fully saturated rings. The van der Waals surface area contributed by atoms with Crippen LogP contribution in [0.2, 0.25) is 0 Å². The van der Waals surface area contributed by atoms with E-state index < -0.39 is 11.7 Å². The zero-order valence-electron chi connectivity index (χ0n) is 7.13. The minimum atomic E-state index is -0.584. The Kier molecular flexibility index (Phi) is 2.88. The van der Waals surface area contributed by atoms with Gasteiger partial charge in [-0.25, -0.2) is 10.6 Å². The molecule has 0 unspecified atom stereocenters. The van der Waals surface area contributed by atoms with Crippen molar-refractivity contribution in [2.75, 3.05) is 13.2 Å². The lowest BCUT2D eigenvalue weighted by atomic mass is 9.97. The van der Waals surface area contributed by atoms with Crippen molar-refractivity contribution < 1.29 is 14.3 Å². The minimum absolute atomic E-state index is 0.415. The van der Waals surface area contributed by atoms with Gasteiger partial charge in [-0.1, -0.05) is 0 Å². The highest BCUT2D eigenvalue weighted by atomic mass is 16.6. The molecule has 1 heterocycles. The van der Waals surface area contributed by atoms with Crippen LogP contribution in [0.1, 0.15) is 19.8 Å². The summed E-state index contributed by atoms with van der Waals surface area (Å²) in [7, 11) is 0. The van der Waals surface area contributed by atoms with E-state index in [4.69, 9.17) is 15.3 Å². The number of amides is 1. The molecule has 1 aliphatic heterocycles. The summed E-state index contributed by atoms with van der Waals surface area (Å²) in [6.07, 6.45) is 0.861. The number of nitrogens with one attached hydrogen (secondary N) is 1. The molecule has 0 radical (unpaired) electrons. The lowest BCUT2D eigenvalue weighted by Gasteiger charge is -2.32. The Morgan fingerprint density at radius 1 is 1.58 bits per heavy atom. The average Bonchev–Trinajstić information content (AvgIpc) is 2.05. The topological polar surface area (TPSA) is 73.6 Å². The maximum atomic E-state index is 10.8. The molecule has 3 N–H and O–H groups in total. The summed E-state index contributed by atoms with van der Waals surface area (Å²) in [5.41, 5.74) is 1.52. The standard InChI is InChI=1S/C7H14N2O3/c1-7(12-6(10)9-8)2-4-11-5-3-7/h2-5,8H2,1H3,(H,9,10). The molecule has 0 aliphatic carbocycles. The van der Waals surface area contributed by atoms with Gasteiger partial charge in [-0.2, -0.15) is 0 Å². The van der Waals surface area contributed by atoms with E-state index in [1.165, 1.54) is 0 Å². The molecule has 0 aromatic rings. The highest BCUT2D eigenvalue weighted by Crippen LogP contribution is 2.23. The molecule has 1 aliphatic rings. The molecule has 5 nitrogen and oxygen atoms in total. The van der Waals surface area contributed by atoms with Gasteiger partial charge in [0.05, 0.1) is 13.2 Å². The van der Waals surface area contributed by atoms with Crippen LogP contribution in [0.15, 0.2) is 0 Å². The van der Waals surface area contributed by atoms with Crippen molar-refractivity contribution in [3.05, 3.63) is 0 Å². The van der Waals surface area contributed by atoms with Crippen LogP contribution in [-0.2, 0) is 9.47 Å². The van der Waals surface area contributed by atoms with E-state index in [9.17, 15) is 4.79 Å². The fourth-order valence-corrected chi connectivity index (χ4v) is 1.16. The molecule has 1 amide bonds. The number of hydrogen-bond donors (Lipinski definition) is 2. The summed E-state index contributed by atoms with van der Waals surface area (Å²) in [6.45, 7) is 3.15. The Labute approximate surface area is 71.2 Å². The molecule has 70 valence electrons. The zero-order valence-corrected chi connectivity index (χ0v) is 7.13. The first-order valence-electron chi connectivity index (χ1n) is 3.94. The lowest BCUT2D eigenvalue weighted by Crippen LogP contribution is -2.42. The second kappa shape index (κ2) is 3.73. The summed E-state index contributed by atoms with van der Waals surface area (Å²) in [5.74, 6) is 4.89. The van der Waals surface area contributed by atoms with E-state index in [1.807, 2.05) is 12.3 Å². The number of hydrogen-bond acceptors (Lipinski definition) is 4. The number of carbonyl (C=O) groups excluding carboxylic acids is 1. The Morgan fingerprint density at radius 2 is 2.17 bits per heavy atom. The lowest BCUT2D eigenvalue weighted by molar-refractivity contribution is -0.0593. The maximum absolute atomic E-state index is 10.8. The minimum Gasteiger partial charge on any atom is -0.442 e. The summed E-state index contributed by atoms with van der Waals surface area (Å²) in [5, 5.41) is 0. The quantitative estimate of drug-likeness (QED) is 0.337. The highest BCUT2D eigenvalue weighted by Gasteiger charge is 2.30. The van der Waals surface area contributed by atoms with Crippen LogP contribution in [0.25, 0.3) is 0 Å². The van der Waals surface area contributed by atoms with Gasteiger partial charge in [0, 0.05) is 12.8 Å². The van der Waals surface area contributed by atoms with Crippen molar-refractivity contribution >= 4 is 6.09 Å². The SMILES string of the molecule is CC1(OC(=O)NN)CCOCC1. The second-order valence-corrected chi connectivity index (χ2v) is 3.10. The van der Waals surface area contributed by atoms with E-state index in [-0.39, 0.29) is 0 Å². The van der Waals surface area contributed by atoms with Gasteiger partial charge in [-0.3, -0.25) is 5.43 Å². The Hall–Kier alpha value is -0.810. The van der Waals surface area contributed by atoms with Gasteiger partial charge in [-0.05, 0) is 6.92 Å². The molecule has 0 aromatic heterocycles. The first kappa shape index (κ1) is 9.28. The molecule has 1 saturated heterocycles. The Bertz CT molecular complexity index is 166. The van der Waals surface area contributed by atoms with Crippen molar-refractivity contribution in [3.63, 3.8) is 0 Å². The van der Waals surface area contributed by atoms with Crippen LogP contribution in [0.3, 0.4) is 0 Å². The average molecular weight is 174 g/mol. The van der Waals surface area contributed by atoms with Gasteiger partial charge in [0.2, 0.25) is 0 Å². The van der Waals surface area contributed by atoms with Crippen LogP contribution in [0.5, 0.6) is 0 Å². The third-order valence-corrected chi connectivity index (χ3v) is 2.01. The number of carbonyl (C=O) groups is 1. The molecular formula is C7H14N2O3. The number of hydrazine groups is 1. The van der Waals surface area contributed by atoms with Crippen LogP contribution >= 0.6 is 0 Å². The smallest absolute Gasteiger partial charge is 0.421 e. The van der Waals surface area contributed by atoms with Crippen molar-refractivity contribution in [1.82, 2.24) is 5.43 Å². The molecule has 0 bridgehead atoms. The normalized spacial score (nSPS) is 21.5. The predicted molar refractivity (Wildman–Crippen MR) is 42.3 cm³/mol. The summed E-state index contributed by atoms with van der Waals surface area (Å²) < 4.78 is 10.2. The molecule has 0 aromatic carbocycles. The first-order chi connectivity index (χ1) is 5.66. The van der Waals surface area contributed by atoms with Gasteiger partial charge in [0.15, 0.2) is 0 Å². The van der Waals surface area contributed by atoms with E-state index in [0.29, 0.717) is 13.2 Å².